The van der Waals surface area contributed by atoms with E-state index in [0.717, 1.165) is 17.1 Å². The molecule has 3 aromatic rings. The fraction of sp³-hybridized carbons (Fsp3) is 0.542. The van der Waals surface area contributed by atoms with Crippen LogP contribution in [0.1, 0.15) is 22.8 Å². The number of nitrogens with two attached hydrogens (primary N) is 2. The number of amides is 1. The van der Waals surface area contributed by atoms with Gasteiger partial charge >= 0.3 is 0 Å². The summed E-state index contributed by atoms with van der Waals surface area (Å²) < 4.78 is 56.5. The van der Waals surface area contributed by atoms with Gasteiger partial charge in [-0.25, -0.2) is 30.6 Å². The summed E-state index contributed by atoms with van der Waals surface area (Å²) in [7, 11) is -11.7. The van der Waals surface area contributed by atoms with Crippen molar-refractivity contribution in [2.24, 2.45) is 11.6 Å². The Bertz CT molecular complexity index is 1760. The first-order valence-electron chi connectivity index (χ1n) is 14.7. The molecule has 10 atom stereocenters. The van der Waals surface area contributed by atoms with E-state index in [-0.39, 0.29) is 49.0 Å². The first-order valence-corrected chi connectivity index (χ1v) is 17.6. The minimum atomic E-state index is -5.90. The smallest absolute Gasteiger partial charge is 0.294 e. The summed E-state index contributed by atoms with van der Waals surface area (Å²) in [6.45, 7) is -0.302. The van der Waals surface area contributed by atoms with Crippen LogP contribution in [-0.4, -0.2) is 116 Å². The molecular formula is C24H33N8O17P2-. The van der Waals surface area contributed by atoms with Crippen LogP contribution in [0.4, 0.5) is 5.82 Å². The number of aliphatic hydroxyl groups excluding tert-OH is 4. The quantitative estimate of drug-likeness (QED) is 0.0277. The number of aromatic nitrogens is 5. The lowest BCUT2D eigenvalue weighted by atomic mass is 10.1. The Labute approximate surface area is 286 Å². The molecule has 2 fully saturated rings. The van der Waals surface area contributed by atoms with Crippen molar-refractivity contribution >= 4 is 38.5 Å². The Balaban J connectivity index is 1.16. The van der Waals surface area contributed by atoms with Crippen LogP contribution >= 0.6 is 15.6 Å². The van der Waals surface area contributed by atoms with E-state index in [2.05, 4.69) is 38.6 Å². The number of aliphatic hydroxyl groups is 4. The van der Waals surface area contributed by atoms with Crippen molar-refractivity contribution in [2.75, 3.05) is 38.5 Å². The molecule has 25 nitrogen and oxygen atoms in total. The number of primary amides is 1. The number of hydrogen-bond donors (Lipinski definition) is 7. The highest BCUT2D eigenvalue weighted by Gasteiger charge is 2.51. The summed E-state index contributed by atoms with van der Waals surface area (Å²) in [6, 6.07) is 2.70. The molecule has 51 heavy (non-hydrogen) atoms. The van der Waals surface area contributed by atoms with Crippen LogP contribution in [0.5, 0.6) is 0 Å². The molecule has 282 valence electrons. The molecule has 0 bridgehead atoms. The minimum absolute atomic E-state index is 0.0156. The molecule has 0 spiro atoms. The van der Waals surface area contributed by atoms with Gasteiger partial charge in [0.2, 0.25) is 6.29 Å². The number of nitrogens with one attached hydrogen (secondary N) is 1. The lowest BCUT2D eigenvalue weighted by Gasteiger charge is -2.32. The zero-order valence-corrected chi connectivity index (χ0v) is 27.8. The maximum Gasteiger partial charge on any atom is 0.294 e. The summed E-state index contributed by atoms with van der Waals surface area (Å²) >= 11 is 0. The number of phosphoric ester groups is 2. The number of rotatable bonds is 18. The van der Waals surface area contributed by atoms with Gasteiger partial charge in [0.15, 0.2) is 41.7 Å². The third-order valence-electron chi connectivity index (χ3n) is 7.24. The lowest BCUT2D eigenvalue weighted by Crippen LogP contribution is -2.46. The van der Waals surface area contributed by atoms with Crippen LogP contribution in [0.15, 0.2) is 37.2 Å². The van der Waals surface area contributed by atoms with Gasteiger partial charge in [0.25, 0.3) is 27.8 Å². The zero-order valence-electron chi connectivity index (χ0n) is 26.0. The van der Waals surface area contributed by atoms with Gasteiger partial charge in [0, 0.05) is 6.07 Å². The number of carbonyl (C=O) groups excluding carboxylic acids is 1. The van der Waals surface area contributed by atoms with Gasteiger partial charge in [-0.1, -0.05) is 0 Å². The predicted molar refractivity (Wildman–Crippen MR) is 156 cm³/mol. The van der Waals surface area contributed by atoms with Crippen molar-refractivity contribution < 1.29 is 85.9 Å². The second-order valence-electron chi connectivity index (χ2n) is 10.7. The van der Waals surface area contributed by atoms with E-state index in [4.69, 9.17) is 30.7 Å². The Morgan fingerprint density at radius 2 is 1.78 bits per heavy atom. The summed E-state index contributed by atoms with van der Waals surface area (Å²) in [5.74, 6) is 4.20. The highest BCUT2D eigenvalue weighted by atomic mass is 31.3. The minimum Gasteiger partial charge on any atom is -0.756 e. The van der Waals surface area contributed by atoms with Gasteiger partial charge in [-0.05, 0) is 6.07 Å². The number of anilines is 1. The molecule has 9 N–H and O–H groups in total. The first-order chi connectivity index (χ1) is 24.2. The van der Waals surface area contributed by atoms with Crippen molar-refractivity contribution in [3.63, 3.8) is 0 Å². The highest BCUT2D eigenvalue weighted by Crippen LogP contribution is 2.57. The molecule has 5 heterocycles. The van der Waals surface area contributed by atoms with Gasteiger partial charge in [-0.3, -0.25) is 32.6 Å². The fourth-order valence-corrected chi connectivity index (χ4v) is 6.94. The second-order valence-corrected chi connectivity index (χ2v) is 13.6. The number of phosphoric acid groups is 2. The molecule has 0 aromatic carbocycles. The fourth-order valence-electron chi connectivity index (χ4n) is 4.85. The third-order valence-corrected chi connectivity index (χ3v) is 9.77. The molecule has 3 aromatic heterocycles. The Kier molecular flexibility index (Phi) is 12.8. The molecule has 0 aliphatic carbocycles. The van der Waals surface area contributed by atoms with Gasteiger partial charge in [-0.2, -0.15) is 4.57 Å². The number of hydrogen-bond acceptors (Lipinski definition) is 22. The van der Waals surface area contributed by atoms with E-state index < -0.39 is 77.4 Å². The van der Waals surface area contributed by atoms with Gasteiger partial charge in [-0.15, -0.1) is 0 Å². The van der Waals surface area contributed by atoms with Crippen LogP contribution in [-0.2, 0) is 46.4 Å². The van der Waals surface area contributed by atoms with Crippen molar-refractivity contribution in [3.8, 4) is 0 Å². The summed E-state index contributed by atoms with van der Waals surface area (Å²) in [5.41, 5.74) is 8.07. The van der Waals surface area contributed by atoms with Crippen molar-refractivity contribution in [2.45, 2.75) is 49.3 Å². The molecule has 5 rings (SSSR count). The van der Waals surface area contributed by atoms with Gasteiger partial charge in [0.1, 0.15) is 36.3 Å². The second kappa shape index (κ2) is 16.7. The normalized spacial score (nSPS) is 28.8. The van der Waals surface area contributed by atoms with E-state index in [1.807, 2.05) is 0 Å². The average molecular weight is 768 g/mol. The molecule has 2 saturated heterocycles. The number of nitrogens with zero attached hydrogens (tertiary/aromatic N) is 5. The molecule has 2 aliphatic rings. The molecule has 6 unspecified atom stereocenters. The monoisotopic (exact) mass is 767 g/mol. The van der Waals surface area contributed by atoms with Crippen molar-refractivity contribution in [1.29, 1.82) is 0 Å². The molecule has 2 aliphatic heterocycles. The topological polar surface area (TPSA) is 364 Å². The van der Waals surface area contributed by atoms with Crippen LogP contribution in [0.3, 0.4) is 0 Å². The summed E-state index contributed by atoms with van der Waals surface area (Å²) in [6.07, 6.45) is -9.12. The van der Waals surface area contributed by atoms with Gasteiger partial charge < -0.3 is 54.8 Å². The molecular weight excluding hydrogens is 734 g/mol. The maximum absolute atomic E-state index is 12.5. The van der Waals surface area contributed by atoms with Crippen molar-refractivity contribution in [1.82, 2.24) is 19.5 Å². The van der Waals surface area contributed by atoms with E-state index in [0.29, 0.717) is 0 Å². The SMILES string of the molecule is NOCCOCCONc1ncnc2c1ncn2[C@@H]1O[C@H](COP(=O)([O-])OP(=O)([O-])O[C@@H]2O[C@H]([n+]3cccc(C(N)=O)c3)C(O)C2O)C(O)C1O. The number of ether oxygens (including phenoxy) is 3. The predicted octanol–water partition coefficient (Wildman–Crippen LogP) is -4.65. The molecule has 0 saturated carbocycles. The lowest BCUT2D eigenvalue weighted by molar-refractivity contribution is -0.767. The van der Waals surface area contributed by atoms with E-state index >= 15 is 0 Å². The van der Waals surface area contributed by atoms with Crippen molar-refractivity contribution in [3.05, 3.63) is 42.7 Å². The largest absolute Gasteiger partial charge is 0.756 e. The Hall–Kier alpha value is -3.17. The maximum atomic E-state index is 12.5. The Morgan fingerprint density at radius 3 is 2.53 bits per heavy atom. The number of imidazole rings is 1. The number of fused-ring (bicyclic) bond motifs is 1. The van der Waals surface area contributed by atoms with Crippen LogP contribution in [0, 0.1) is 0 Å². The van der Waals surface area contributed by atoms with Crippen LogP contribution < -0.4 is 31.5 Å². The van der Waals surface area contributed by atoms with E-state index in [1.165, 1.54) is 29.2 Å². The van der Waals surface area contributed by atoms with E-state index in [1.54, 1.807) is 0 Å². The summed E-state index contributed by atoms with van der Waals surface area (Å²) in [4.78, 5) is 58.4. The molecule has 0 radical (unpaired) electrons. The first kappa shape index (κ1) is 39.0. The Morgan fingerprint density at radius 1 is 1.02 bits per heavy atom. The zero-order chi connectivity index (χ0) is 36.9. The number of carbonyl (C=O) groups is 1. The summed E-state index contributed by atoms with van der Waals surface area (Å²) in [5, 5.41) is 41.9. The van der Waals surface area contributed by atoms with Crippen LogP contribution in [0.25, 0.3) is 11.2 Å². The number of pyridine rings is 1. The molecule has 1 amide bonds. The van der Waals surface area contributed by atoms with E-state index in [9.17, 15) is 44.1 Å². The third kappa shape index (κ3) is 9.44. The average Bonchev–Trinajstić information content (AvgIpc) is 3.72. The van der Waals surface area contributed by atoms with Crippen LogP contribution in [0.2, 0.25) is 0 Å². The standard InChI is InChI=1S/C24H34N8O17P2/c25-19(37)12-2-1-3-31(8-12)22-17(35)18(36)24(47-22)48-51(40,41)49-50(38,39)45-9-13-15(33)16(34)23(46-13)32-11-29-14-20(27-10-28-21(14)32)30-44-7-5-42-4-6-43-26/h1-3,8,10-11,13,15-18,22-24,33-36H,4-7,9,26H2,(H4-,25,27,28,30,37,38,39,40,41)/p-1/t13-,15?,16?,17?,18?,22+,23-,24+/m1/s1. The molecule has 27 heteroatoms. The van der Waals surface area contributed by atoms with Gasteiger partial charge in [0.05, 0.1) is 39.4 Å². The highest BCUT2D eigenvalue weighted by molar-refractivity contribution is 7.59.